The molecule has 0 fully saturated rings. The van der Waals surface area contributed by atoms with Gasteiger partial charge in [0.05, 0.1) is 29.2 Å². The van der Waals surface area contributed by atoms with Crippen LogP contribution in [0.4, 0.5) is 0 Å². The van der Waals surface area contributed by atoms with Crippen LogP contribution in [0.25, 0.3) is 16.6 Å². The van der Waals surface area contributed by atoms with Gasteiger partial charge in [-0.1, -0.05) is 77.3 Å². The average molecular weight is 534 g/mol. The Bertz CT molecular complexity index is 1220. The Balaban J connectivity index is 1.80. The molecule has 6 heteroatoms. The second-order valence-electron chi connectivity index (χ2n) is 10.4. The highest BCUT2D eigenvalue weighted by molar-refractivity contribution is 5.79. The molecular formula is C33H47N3O3. The van der Waals surface area contributed by atoms with Crippen LogP contribution >= 0.6 is 0 Å². The number of ether oxygens (including phenoxy) is 1. The first kappa shape index (κ1) is 30.4. The summed E-state index contributed by atoms with van der Waals surface area (Å²) in [4.78, 5) is 34.1. The van der Waals surface area contributed by atoms with E-state index in [2.05, 4.69) is 13.8 Å². The number of aromatic nitrogens is 2. The number of hydrogen-bond donors (Lipinski definition) is 0. The molecule has 39 heavy (non-hydrogen) atoms. The SMILES string of the molecule is CCCCCCCCCCCC(=O)N(CCC)C(C)c1nc2ccccc2c(=O)n1-c1ccc(OCC)cc1. The van der Waals surface area contributed by atoms with Crippen LogP contribution in [0.2, 0.25) is 0 Å². The van der Waals surface area contributed by atoms with Gasteiger partial charge in [0, 0.05) is 13.0 Å². The van der Waals surface area contributed by atoms with Gasteiger partial charge in [-0.3, -0.25) is 14.2 Å². The van der Waals surface area contributed by atoms with Crippen molar-refractivity contribution in [1.29, 1.82) is 0 Å². The molecule has 1 atom stereocenters. The van der Waals surface area contributed by atoms with E-state index in [1.165, 1.54) is 44.9 Å². The van der Waals surface area contributed by atoms with Crippen LogP contribution in [0, 0.1) is 0 Å². The first-order chi connectivity index (χ1) is 19.0. The molecular weight excluding hydrogens is 486 g/mol. The van der Waals surface area contributed by atoms with Crippen LogP contribution in [-0.4, -0.2) is 33.5 Å². The lowest BCUT2D eigenvalue weighted by Gasteiger charge is -2.30. The van der Waals surface area contributed by atoms with Gasteiger partial charge >= 0.3 is 0 Å². The summed E-state index contributed by atoms with van der Waals surface area (Å²) in [6.45, 7) is 9.47. The quantitative estimate of drug-likeness (QED) is 0.165. The second kappa shape index (κ2) is 16.1. The zero-order valence-corrected chi connectivity index (χ0v) is 24.5. The number of amides is 1. The van der Waals surface area contributed by atoms with Gasteiger partial charge in [-0.2, -0.15) is 0 Å². The molecule has 3 rings (SSSR count). The summed E-state index contributed by atoms with van der Waals surface area (Å²) in [5.74, 6) is 1.46. The summed E-state index contributed by atoms with van der Waals surface area (Å²) in [6.07, 6.45) is 12.4. The molecule has 6 nitrogen and oxygen atoms in total. The molecule has 0 aliphatic carbocycles. The minimum absolute atomic E-state index is 0.130. The third kappa shape index (κ3) is 8.42. The molecule has 1 amide bonds. The lowest BCUT2D eigenvalue weighted by atomic mass is 10.1. The van der Waals surface area contributed by atoms with E-state index in [1.54, 1.807) is 4.57 Å². The molecule has 1 aromatic heterocycles. The van der Waals surface area contributed by atoms with Gasteiger partial charge in [0.1, 0.15) is 11.6 Å². The van der Waals surface area contributed by atoms with Crippen molar-refractivity contribution in [2.45, 2.75) is 104 Å². The molecule has 0 saturated heterocycles. The van der Waals surface area contributed by atoms with Crippen molar-refractivity contribution in [3.05, 3.63) is 64.7 Å². The third-order valence-electron chi connectivity index (χ3n) is 7.33. The van der Waals surface area contributed by atoms with Crippen LogP contribution < -0.4 is 10.3 Å². The largest absolute Gasteiger partial charge is 0.494 e. The molecule has 0 spiro atoms. The molecule has 0 aliphatic heterocycles. The van der Waals surface area contributed by atoms with Gasteiger partial charge in [0.25, 0.3) is 5.56 Å². The van der Waals surface area contributed by atoms with Crippen molar-refractivity contribution in [1.82, 2.24) is 14.5 Å². The van der Waals surface area contributed by atoms with E-state index in [0.717, 1.165) is 25.0 Å². The number of nitrogens with zero attached hydrogens (tertiary/aromatic N) is 3. The number of para-hydroxylation sites is 1. The highest BCUT2D eigenvalue weighted by atomic mass is 16.5. The highest BCUT2D eigenvalue weighted by Crippen LogP contribution is 2.25. The normalized spacial score (nSPS) is 12.0. The van der Waals surface area contributed by atoms with Crippen molar-refractivity contribution < 1.29 is 9.53 Å². The van der Waals surface area contributed by atoms with E-state index in [1.807, 2.05) is 67.3 Å². The Morgan fingerprint density at radius 2 is 1.51 bits per heavy atom. The smallest absolute Gasteiger partial charge is 0.266 e. The topological polar surface area (TPSA) is 64.4 Å². The molecule has 1 heterocycles. The maximum absolute atomic E-state index is 13.8. The van der Waals surface area contributed by atoms with Gasteiger partial charge in [0.2, 0.25) is 5.91 Å². The van der Waals surface area contributed by atoms with Crippen LogP contribution in [0.15, 0.2) is 53.3 Å². The Labute approximate surface area is 234 Å². The number of unbranched alkanes of at least 4 members (excludes halogenated alkanes) is 8. The molecule has 0 radical (unpaired) electrons. The summed E-state index contributed by atoms with van der Waals surface area (Å²) >= 11 is 0. The standard InChI is InChI=1S/C33H47N3O3/c1-5-8-9-10-11-12-13-14-15-20-31(37)35(25-6-2)26(4)32-34-30-19-17-16-18-29(30)33(38)36(32)27-21-23-28(24-22-27)39-7-3/h16-19,21-24,26H,5-15,20,25H2,1-4H3. The van der Waals surface area contributed by atoms with Gasteiger partial charge in [-0.05, 0) is 63.1 Å². The zero-order valence-electron chi connectivity index (χ0n) is 24.5. The molecule has 0 bridgehead atoms. The van der Waals surface area contributed by atoms with Gasteiger partial charge in [0.15, 0.2) is 0 Å². The van der Waals surface area contributed by atoms with E-state index < -0.39 is 0 Å². The van der Waals surface area contributed by atoms with Gasteiger partial charge in [-0.15, -0.1) is 0 Å². The molecule has 2 aromatic carbocycles. The number of rotatable bonds is 17. The number of hydrogen-bond acceptors (Lipinski definition) is 4. The zero-order chi connectivity index (χ0) is 28.0. The molecule has 212 valence electrons. The Morgan fingerprint density at radius 1 is 0.872 bits per heavy atom. The Kier molecular flexibility index (Phi) is 12.5. The number of carbonyl (C=O) groups is 1. The predicted molar refractivity (Wildman–Crippen MR) is 161 cm³/mol. The second-order valence-corrected chi connectivity index (χ2v) is 10.4. The van der Waals surface area contributed by atoms with Crippen LogP contribution in [0.1, 0.15) is 110 Å². The summed E-state index contributed by atoms with van der Waals surface area (Å²) in [6, 6.07) is 14.6. The molecule has 0 aliphatic rings. The van der Waals surface area contributed by atoms with Crippen molar-refractivity contribution in [3.8, 4) is 11.4 Å². The highest BCUT2D eigenvalue weighted by Gasteiger charge is 2.26. The maximum atomic E-state index is 13.8. The fraction of sp³-hybridized carbons (Fsp3) is 0.545. The van der Waals surface area contributed by atoms with E-state index in [-0.39, 0.29) is 17.5 Å². The monoisotopic (exact) mass is 533 g/mol. The van der Waals surface area contributed by atoms with Gasteiger partial charge < -0.3 is 9.64 Å². The van der Waals surface area contributed by atoms with E-state index in [9.17, 15) is 9.59 Å². The summed E-state index contributed by atoms with van der Waals surface area (Å²) in [5, 5.41) is 0.561. The lowest BCUT2D eigenvalue weighted by molar-refractivity contribution is -0.133. The van der Waals surface area contributed by atoms with Crippen molar-refractivity contribution in [2.24, 2.45) is 0 Å². The van der Waals surface area contributed by atoms with Crippen LogP contribution in [-0.2, 0) is 4.79 Å². The van der Waals surface area contributed by atoms with Crippen LogP contribution in [0.3, 0.4) is 0 Å². The van der Waals surface area contributed by atoms with Gasteiger partial charge in [-0.25, -0.2) is 4.98 Å². The Hall–Kier alpha value is -3.15. The lowest BCUT2D eigenvalue weighted by Crippen LogP contribution is -2.37. The molecule has 3 aromatic rings. The molecule has 1 unspecified atom stereocenters. The fourth-order valence-electron chi connectivity index (χ4n) is 5.18. The molecule has 0 N–H and O–H groups in total. The minimum atomic E-state index is -0.347. The van der Waals surface area contributed by atoms with Crippen molar-refractivity contribution >= 4 is 16.8 Å². The number of fused-ring (bicyclic) bond motifs is 1. The third-order valence-corrected chi connectivity index (χ3v) is 7.33. The fourth-order valence-corrected chi connectivity index (χ4v) is 5.18. The minimum Gasteiger partial charge on any atom is -0.494 e. The van der Waals surface area contributed by atoms with Crippen molar-refractivity contribution in [3.63, 3.8) is 0 Å². The summed E-state index contributed by atoms with van der Waals surface area (Å²) < 4.78 is 7.27. The predicted octanol–water partition coefficient (Wildman–Crippen LogP) is 8.00. The average Bonchev–Trinajstić information content (AvgIpc) is 2.95. The van der Waals surface area contributed by atoms with Crippen LogP contribution in [0.5, 0.6) is 5.75 Å². The van der Waals surface area contributed by atoms with E-state index in [4.69, 9.17) is 9.72 Å². The summed E-state index contributed by atoms with van der Waals surface area (Å²) in [5.41, 5.74) is 1.23. The first-order valence-corrected chi connectivity index (χ1v) is 15.1. The first-order valence-electron chi connectivity index (χ1n) is 15.1. The van der Waals surface area contributed by atoms with Crippen molar-refractivity contribution in [2.75, 3.05) is 13.2 Å². The van der Waals surface area contributed by atoms with E-state index in [0.29, 0.717) is 42.0 Å². The molecule has 0 saturated carbocycles. The van der Waals surface area contributed by atoms with E-state index >= 15 is 0 Å². The maximum Gasteiger partial charge on any atom is 0.266 e. The summed E-state index contributed by atoms with van der Waals surface area (Å²) in [7, 11) is 0. The number of carbonyl (C=O) groups excluding carboxylic acids is 1. The Morgan fingerprint density at radius 3 is 2.15 bits per heavy atom. The number of benzene rings is 2.